The van der Waals surface area contributed by atoms with Gasteiger partial charge < -0.3 is 20.1 Å². The Morgan fingerprint density at radius 3 is 2.79 bits per heavy atom. The van der Waals surface area contributed by atoms with Gasteiger partial charge >= 0.3 is 5.97 Å². The van der Waals surface area contributed by atoms with Crippen molar-refractivity contribution in [3.63, 3.8) is 0 Å². The van der Waals surface area contributed by atoms with E-state index < -0.39 is 0 Å². The number of nitrogens with zero attached hydrogens (tertiary/aromatic N) is 1. The summed E-state index contributed by atoms with van der Waals surface area (Å²) in [7, 11) is 3.09. The zero-order valence-electron chi connectivity index (χ0n) is 14.7. The van der Waals surface area contributed by atoms with E-state index in [0.717, 1.165) is 23.8 Å². The Hall–Kier alpha value is -2.24. The molecule has 1 aromatic carbocycles. The molecule has 1 fully saturated rings. The maximum absolute atomic E-state index is 11.1. The summed E-state index contributed by atoms with van der Waals surface area (Å²) in [6.45, 7) is 3.94. The van der Waals surface area contributed by atoms with E-state index in [2.05, 4.69) is 45.5 Å². The quantitative estimate of drug-likeness (QED) is 0.433. The summed E-state index contributed by atoms with van der Waals surface area (Å²) in [5.74, 6) is 2.05. The molecule has 132 valence electrons. The topological polar surface area (TPSA) is 72.0 Å². The molecule has 2 N–H and O–H groups in total. The predicted octanol–water partition coefficient (Wildman–Crippen LogP) is 2.01. The molecule has 0 spiro atoms. The van der Waals surface area contributed by atoms with Crippen LogP contribution in [-0.4, -0.2) is 39.2 Å². The number of methoxy groups -OCH3 is 1. The summed E-state index contributed by atoms with van der Waals surface area (Å²) in [6, 6.07) is 6.23. The molecule has 0 atom stereocenters. The summed E-state index contributed by atoms with van der Waals surface area (Å²) in [4.78, 5) is 15.3. The monoisotopic (exact) mass is 333 g/mol. The molecule has 0 unspecified atom stereocenters. The molecule has 1 aliphatic rings. The van der Waals surface area contributed by atoms with E-state index in [1.807, 2.05) is 0 Å². The molecule has 0 bridgehead atoms. The van der Waals surface area contributed by atoms with Crippen molar-refractivity contribution < 1.29 is 14.3 Å². The number of aliphatic imine (C=N–C) groups is 1. The van der Waals surface area contributed by atoms with Crippen LogP contribution in [0.3, 0.4) is 0 Å². The van der Waals surface area contributed by atoms with Crippen molar-refractivity contribution in [1.29, 1.82) is 0 Å². The number of nitrogens with one attached hydrogen (secondary N) is 2. The minimum absolute atomic E-state index is 0.243. The fourth-order valence-electron chi connectivity index (χ4n) is 2.22. The SMILES string of the molecule is CN=C(NCCC(=O)OC)NCc1ccc(C)cc1OCC1CC1. The zero-order valence-corrected chi connectivity index (χ0v) is 14.7. The van der Waals surface area contributed by atoms with E-state index in [1.165, 1.54) is 25.5 Å². The van der Waals surface area contributed by atoms with E-state index in [1.54, 1.807) is 7.05 Å². The summed E-state index contributed by atoms with van der Waals surface area (Å²) >= 11 is 0. The van der Waals surface area contributed by atoms with E-state index in [-0.39, 0.29) is 5.97 Å². The smallest absolute Gasteiger partial charge is 0.307 e. The van der Waals surface area contributed by atoms with Crippen molar-refractivity contribution in [3.05, 3.63) is 29.3 Å². The number of ether oxygens (including phenoxy) is 2. The van der Waals surface area contributed by atoms with Gasteiger partial charge in [-0.25, -0.2) is 0 Å². The van der Waals surface area contributed by atoms with Crippen LogP contribution < -0.4 is 15.4 Å². The number of carbonyl (C=O) groups is 1. The van der Waals surface area contributed by atoms with Gasteiger partial charge in [-0.1, -0.05) is 12.1 Å². The standard InChI is InChI=1S/C18H27N3O3/c1-13-4-7-15(16(10-13)24-12-14-5-6-14)11-21-18(19-2)20-9-8-17(22)23-3/h4,7,10,14H,5-6,8-9,11-12H2,1-3H3,(H2,19,20,21). The van der Waals surface area contributed by atoms with Gasteiger partial charge in [0.1, 0.15) is 5.75 Å². The molecule has 1 aliphatic carbocycles. The van der Waals surface area contributed by atoms with Crippen LogP contribution in [0.25, 0.3) is 0 Å². The second-order valence-electron chi connectivity index (χ2n) is 6.04. The lowest BCUT2D eigenvalue weighted by molar-refractivity contribution is -0.140. The second-order valence-corrected chi connectivity index (χ2v) is 6.04. The van der Waals surface area contributed by atoms with Gasteiger partial charge in [0, 0.05) is 25.7 Å². The first-order valence-corrected chi connectivity index (χ1v) is 8.36. The highest BCUT2D eigenvalue weighted by Gasteiger charge is 2.22. The first-order chi connectivity index (χ1) is 11.6. The molecule has 0 aliphatic heterocycles. The average Bonchev–Trinajstić information content (AvgIpc) is 3.41. The molecule has 0 saturated heterocycles. The van der Waals surface area contributed by atoms with Crippen molar-refractivity contribution >= 4 is 11.9 Å². The number of hydrogen-bond donors (Lipinski definition) is 2. The normalized spacial score (nSPS) is 14.2. The van der Waals surface area contributed by atoms with Crippen LogP contribution >= 0.6 is 0 Å². The Bertz CT molecular complexity index is 583. The minimum atomic E-state index is -0.243. The third-order valence-electron chi connectivity index (χ3n) is 3.91. The van der Waals surface area contributed by atoms with Gasteiger partial charge in [-0.15, -0.1) is 0 Å². The largest absolute Gasteiger partial charge is 0.493 e. The summed E-state index contributed by atoms with van der Waals surface area (Å²) < 4.78 is 10.6. The fraction of sp³-hybridized carbons (Fsp3) is 0.556. The highest BCUT2D eigenvalue weighted by atomic mass is 16.5. The lowest BCUT2D eigenvalue weighted by atomic mass is 10.1. The number of aryl methyl sites for hydroxylation is 1. The molecule has 1 saturated carbocycles. The van der Waals surface area contributed by atoms with Gasteiger partial charge in [0.05, 0.1) is 20.1 Å². The number of hydrogen-bond acceptors (Lipinski definition) is 4. The molecule has 2 rings (SSSR count). The Morgan fingerprint density at radius 2 is 2.12 bits per heavy atom. The third-order valence-corrected chi connectivity index (χ3v) is 3.91. The van der Waals surface area contributed by atoms with E-state index in [9.17, 15) is 4.79 Å². The van der Waals surface area contributed by atoms with Crippen LogP contribution in [-0.2, 0) is 16.1 Å². The summed E-state index contributed by atoms with van der Waals surface area (Å²) in [5, 5.41) is 6.34. The van der Waals surface area contributed by atoms with Gasteiger partial charge in [0.25, 0.3) is 0 Å². The van der Waals surface area contributed by atoms with Crippen molar-refractivity contribution in [3.8, 4) is 5.75 Å². The molecular formula is C18H27N3O3. The Balaban J connectivity index is 1.85. The Labute approximate surface area is 143 Å². The number of carbonyl (C=O) groups excluding carboxylic acids is 1. The molecule has 1 aromatic rings. The lowest BCUT2D eigenvalue weighted by Gasteiger charge is -2.15. The highest BCUT2D eigenvalue weighted by Crippen LogP contribution is 2.30. The predicted molar refractivity (Wildman–Crippen MR) is 94.2 cm³/mol. The van der Waals surface area contributed by atoms with E-state index >= 15 is 0 Å². The van der Waals surface area contributed by atoms with Gasteiger partial charge in [-0.3, -0.25) is 9.79 Å². The second kappa shape index (κ2) is 9.15. The summed E-state index contributed by atoms with van der Waals surface area (Å²) in [5.41, 5.74) is 2.28. The maximum Gasteiger partial charge on any atom is 0.307 e. The van der Waals surface area contributed by atoms with Crippen molar-refractivity contribution in [2.75, 3.05) is 27.3 Å². The van der Waals surface area contributed by atoms with Gasteiger partial charge in [-0.2, -0.15) is 0 Å². The molecule has 6 heteroatoms. The van der Waals surface area contributed by atoms with Crippen molar-refractivity contribution in [1.82, 2.24) is 10.6 Å². The van der Waals surface area contributed by atoms with E-state index in [0.29, 0.717) is 25.5 Å². The zero-order chi connectivity index (χ0) is 17.4. The first-order valence-electron chi connectivity index (χ1n) is 8.36. The van der Waals surface area contributed by atoms with Crippen LogP contribution in [0, 0.1) is 12.8 Å². The molecule has 0 radical (unpaired) electrons. The third kappa shape index (κ3) is 6.10. The van der Waals surface area contributed by atoms with Crippen LogP contribution in [0.15, 0.2) is 23.2 Å². The Morgan fingerprint density at radius 1 is 1.33 bits per heavy atom. The van der Waals surface area contributed by atoms with Crippen LogP contribution in [0.4, 0.5) is 0 Å². The van der Waals surface area contributed by atoms with Crippen molar-refractivity contribution in [2.45, 2.75) is 32.7 Å². The number of esters is 1. The molecule has 0 heterocycles. The molecule has 0 amide bonds. The number of benzene rings is 1. The number of guanidine groups is 1. The molecule has 0 aromatic heterocycles. The highest BCUT2D eigenvalue weighted by molar-refractivity contribution is 5.80. The van der Waals surface area contributed by atoms with Crippen LogP contribution in [0.1, 0.15) is 30.4 Å². The van der Waals surface area contributed by atoms with Gasteiger partial charge in [-0.05, 0) is 37.3 Å². The van der Waals surface area contributed by atoms with Crippen LogP contribution in [0.5, 0.6) is 5.75 Å². The molecule has 24 heavy (non-hydrogen) atoms. The van der Waals surface area contributed by atoms with Gasteiger partial charge in [0.15, 0.2) is 5.96 Å². The van der Waals surface area contributed by atoms with Gasteiger partial charge in [0.2, 0.25) is 0 Å². The van der Waals surface area contributed by atoms with Crippen LogP contribution in [0.2, 0.25) is 0 Å². The maximum atomic E-state index is 11.1. The fourth-order valence-corrected chi connectivity index (χ4v) is 2.22. The molecule has 6 nitrogen and oxygen atoms in total. The Kier molecular flexibility index (Phi) is 6.90. The molecular weight excluding hydrogens is 306 g/mol. The lowest BCUT2D eigenvalue weighted by Crippen LogP contribution is -2.38. The van der Waals surface area contributed by atoms with Crippen molar-refractivity contribution in [2.24, 2.45) is 10.9 Å². The number of rotatable bonds is 8. The average molecular weight is 333 g/mol. The summed E-state index contributed by atoms with van der Waals surface area (Å²) in [6.07, 6.45) is 2.85. The minimum Gasteiger partial charge on any atom is -0.493 e. The van der Waals surface area contributed by atoms with E-state index in [4.69, 9.17) is 4.74 Å². The first kappa shape index (κ1) is 18.1.